The number of fused-ring (bicyclic) bond motifs is 1. The maximum absolute atomic E-state index is 13.6. The molecule has 2 aliphatic heterocycles. The van der Waals surface area contributed by atoms with E-state index in [0.717, 1.165) is 59.0 Å². The normalized spacial score (nSPS) is 17.9. The molecule has 14 nitrogen and oxygen atoms in total. The van der Waals surface area contributed by atoms with Crippen LogP contribution in [0.1, 0.15) is 94.1 Å². The molecular weight excluding hydrogens is 701 g/mol. The first-order valence-corrected chi connectivity index (χ1v) is 18.9. The molecule has 0 aliphatic carbocycles. The topological polar surface area (TPSA) is 175 Å². The summed E-state index contributed by atoms with van der Waals surface area (Å²) in [7, 11) is 2.57. The van der Waals surface area contributed by atoms with Crippen molar-refractivity contribution in [2.75, 3.05) is 27.3 Å². The Balaban J connectivity index is 1.15. The fraction of sp³-hybridized carbons (Fsp3) is 0.463. The molecule has 0 radical (unpaired) electrons. The number of nitrogens with zero attached hydrogens (tertiary/aromatic N) is 4. The van der Waals surface area contributed by atoms with Crippen LogP contribution in [0.5, 0.6) is 0 Å². The smallest absolute Gasteiger partial charge is 0.407 e. The summed E-state index contributed by atoms with van der Waals surface area (Å²) in [4.78, 5) is 70.9. The fourth-order valence-corrected chi connectivity index (χ4v) is 7.42. The third-order valence-corrected chi connectivity index (χ3v) is 10.5. The van der Waals surface area contributed by atoms with Gasteiger partial charge in [0, 0.05) is 29.9 Å². The minimum Gasteiger partial charge on any atom is -0.453 e. The quantitative estimate of drug-likeness (QED) is 0.157. The van der Waals surface area contributed by atoms with E-state index >= 15 is 0 Å². The maximum Gasteiger partial charge on any atom is 0.407 e. The number of aromatic nitrogens is 4. The zero-order valence-electron chi connectivity index (χ0n) is 32.5. The molecule has 4 amide bonds. The van der Waals surface area contributed by atoms with Gasteiger partial charge in [-0.3, -0.25) is 9.59 Å². The van der Waals surface area contributed by atoms with Crippen molar-refractivity contribution >= 4 is 34.8 Å². The molecule has 0 bridgehead atoms. The highest BCUT2D eigenvalue weighted by Crippen LogP contribution is 2.34. The van der Waals surface area contributed by atoms with Crippen LogP contribution in [0, 0.1) is 30.6 Å². The van der Waals surface area contributed by atoms with Crippen molar-refractivity contribution in [3.63, 3.8) is 0 Å². The van der Waals surface area contributed by atoms with E-state index < -0.39 is 24.3 Å². The van der Waals surface area contributed by atoms with Gasteiger partial charge in [0.15, 0.2) is 0 Å². The SMILES string of the molecule is COC(=O)NC(C(=O)N1CCCC1c1ncc(-c2ccc3cc(C#Cc4nc(C5CCCN5C(=O)C(NC(=O)OC)C(C)C)[nH]c4C)ccc3c2)[nH]1)C(C)C. The standard InChI is InChI=1S/C41H50N8O6/c1-23(2)34(46-40(52)54-6)38(50)48-18-8-10-32(48)36-42-22-31(45-36)29-16-15-27-20-26(12-14-28(27)21-29)13-17-30-25(5)43-37(44-30)33-11-9-19-49(33)39(51)35(24(3)4)47-41(53)55-7/h12,14-16,20-24,32-35H,8-11,18-19H2,1-7H3,(H,42,45)(H,43,44)(H,46,52)(H,47,53). The highest BCUT2D eigenvalue weighted by Gasteiger charge is 2.39. The molecule has 290 valence electrons. The number of likely N-dealkylation sites (tertiary alicyclic amines) is 2. The number of carbonyl (C=O) groups excluding carboxylic acids is 4. The molecule has 4 atom stereocenters. The number of H-pyrrole nitrogens is 2. The first-order valence-electron chi connectivity index (χ1n) is 18.9. The molecule has 2 aromatic heterocycles. The van der Waals surface area contributed by atoms with Crippen LogP contribution < -0.4 is 10.6 Å². The van der Waals surface area contributed by atoms with Crippen molar-refractivity contribution in [2.45, 2.75) is 84.5 Å². The van der Waals surface area contributed by atoms with Crippen molar-refractivity contribution in [3.05, 3.63) is 71.2 Å². The number of nitrogens with one attached hydrogen (secondary N) is 4. The molecule has 2 aromatic carbocycles. The molecule has 0 saturated carbocycles. The Morgan fingerprint density at radius 1 is 0.782 bits per heavy atom. The van der Waals surface area contributed by atoms with Gasteiger partial charge in [0.2, 0.25) is 11.8 Å². The summed E-state index contributed by atoms with van der Waals surface area (Å²) < 4.78 is 9.51. The molecular formula is C41H50N8O6. The van der Waals surface area contributed by atoms with Gasteiger partial charge in [-0.2, -0.15) is 0 Å². The molecule has 6 rings (SSSR count). The second-order valence-electron chi connectivity index (χ2n) is 14.9. The maximum atomic E-state index is 13.6. The van der Waals surface area contributed by atoms with Crippen molar-refractivity contribution < 1.29 is 28.7 Å². The fourth-order valence-electron chi connectivity index (χ4n) is 7.42. The number of hydrogen-bond donors (Lipinski definition) is 4. The highest BCUT2D eigenvalue weighted by molar-refractivity contribution is 5.89. The van der Waals surface area contributed by atoms with Gasteiger partial charge in [0.05, 0.1) is 38.2 Å². The lowest BCUT2D eigenvalue weighted by atomic mass is 10.0. The van der Waals surface area contributed by atoms with E-state index in [1.165, 1.54) is 14.2 Å². The van der Waals surface area contributed by atoms with E-state index in [9.17, 15) is 19.2 Å². The van der Waals surface area contributed by atoms with E-state index in [-0.39, 0.29) is 35.7 Å². The summed E-state index contributed by atoms with van der Waals surface area (Å²) in [6, 6.07) is 10.4. The number of ether oxygens (including phenoxy) is 2. The third-order valence-electron chi connectivity index (χ3n) is 10.5. The Hall–Kier alpha value is -5.84. The zero-order valence-corrected chi connectivity index (χ0v) is 32.5. The van der Waals surface area contributed by atoms with Crippen LogP contribution >= 0.6 is 0 Å². The molecule has 4 aromatic rings. The molecule has 14 heteroatoms. The number of aromatic amines is 2. The highest BCUT2D eigenvalue weighted by atomic mass is 16.5. The minimum atomic E-state index is -0.702. The first-order chi connectivity index (χ1) is 26.4. The molecule has 2 saturated heterocycles. The Labute approximate surface area is 321 Å². The Kier molecular flexibility index (Phi) is 11.8. The van der Waals surface area contributed by atoms with E-state index in [4.69, 9.17) is 14.5 Å². The van der Waals surface area contributed by atoms with Crippen LogP contribution in [0.3, 0.4) is 0 Å². The minimum absolute atomic E-state index is 0.110. The van der Waals surface area contributed by atoms with Gasteiger partial charge in [-0.05, 0) is 79.3 Å². The predicted octanol–water partition coefficient (Wildman–Crippen LogP) is 5.75. The number of amides is 4. The summed E-state index contributed by atoms with van der Waals surface area (Å²) in [5, 5.41) is 7.45. The summed E-state index contributed by atoms with van der Waals surface area (Å²) >= 11 is 0. The Morgan fingerprint density at radius 2 is 1.35 bits per heavy atom. The Morgan fingerprint density at radius 3 is 1.93 bits per heavy atom. The summed E-state index contributed by atoms with van der Waals surface area (Å²) in [5.41, 5.74) is 4.09. The lowest BCUT2D eigenvalue weighted by Gasteiger charge is -2.30. The summed E-state index contributed by atoms with van der Waals surface area (Å²) in [6.45, 7) is 10.7. The van der Waals surface area contributed by atoms with Crippen molar-refractivity contribution in [1.29, 1.82) is 0 Å². The van der Waals surface area contributed by atoms with E-state index in [1.807, 2.05) is 58.9 Å². The number of carbonyl (C=O) groups is 4. The second kappa shape index (κ2) is 16.7. The van der Waals surface area contributed by atoms with E-state index in [0.29, 0.717) is 30.4 Å². The van der Waals surface area contributed by atoms with Gasteiger partial charge >= 0.3 is 12.2 Å². The lowest BCUT2D eigenvalue weighted by molar-refractivity contribution is -0.136. The molecule has 4 heterocycles. The summed E-state index contributed by atoms with van der Waals surface area (Å²) in [6.07, 6.45) is 3.74. The average molecular weight is 751 g/mol. The lowest BCUT2D eigenvalue weighted by Crippen LogP contribution is -2.51. The predicted molar refractivity (Wildman–Crippen MR) is 207 cm³/mol. The van der Waals surface area contributed by atoms with Crippen LogP contribution in [-0.2, 0) is 19.1 Å². The van der Waals surface area contributed by atoms with E-state index in [2.05, 4.69) is 49.6 Å². The van der Waals surface area contributed by atoms with Crippen molar-refractivity contribution in [3.8, 4) is 23.1 Å². The molecule has 55 heavy (non-hydrogen) atoms. The number of aryl methyl sites for hydroxylation is 1. The van der Waals surface area contributed by atoms with Crippen LogP contribution in [0.15, 0.2) is 42.6 Å². The summed E-state index contributed by atoms with van der Waals surface area (Å²) in [5.74, 6) is 7.35. The average Bonchev–Trinajstić information content (AvgIpc) is 4.01. The van der Waals surface area contributed by atoms with Gasteiger partial charge in [-0.15, -0.1) is 0 Å². The van der Waals surface area contributed by atoms with E-state index in [1.54, 1.807) is 16.0 Å². The second-order valence-corrected chi connectivity index (χ2v) is 14.9. The number of imidazole rings is 2. The molecule has 4 N–H and O–H groups in total. The molecule has 2 aliphatic rings. The number of benzene rings is 2. The van der Waals surface area contributed by atoms with Crippen molar-refractivity contribution in [1.82, 2.24) is 40.4 Å². The number of methoxy groups -OCH3 is 2. The third kappa shape index (κ3) is 8.46. The largest absolute Gasteiger partial charge is 0.453 e. The zero-order chi connectivity index (χ0) is 39.4. The molecule has 4 unspecified atom stereocenters. The first kappa shape index (κ1) is 38.9. The van der Waals surface area contributed by atoms with Gasteiger partial charge in [0.1, 0.15) is 29.4 Å². The number of rotatable bonds is 9. The molecule has 2 fully saturated rings. The van der Waals surface area contributed by atoms with Crippen LogP contribution in [-0.4, -0.2) is 93.1 Å². The van der Waals surface area contributed by atoms with Gasteiger partial charge in [-0.25, -0.2) is 19.6 Å². The molecule has 0 spiro atoms. The monoisotopic (exact) mass is 750 g/mol. The number of hydrogen-bond acceptors (Lipinski definition) is 8. The van der Waals surface area contributed by atoms with Crippen LogP contribution in [0.2, 0.25) is 0 Å². The van der Waals surface area contributed by atoms with Crippen molar-refractivity contribution in [2.24, 2.45) is 11.8 Å². The Bertz CT molecular complexity index is 2130. The van der Waals surface area contributed by atoms with Gasteiger partial charge < -0.3 is 39.9 Å². The number of alkyl carbamates (subject to hydrolysis) is 2. The van der Waals surface area contributed by atoms with Gasteiger partial charge in [-0.1, -0.05) is 51.8 Å². The van der Waals surface area contributed by atoms with Gasteiger partial charge in [0.25, 0.3) is 0 Å². The van der Waals surface area contributed by atoms with Crippen LogP contribution in [0.25, 0.3) is 22.0 Å². The van der Waals surface area contributed by atoms with Crippen LogP contribution in [0.4, 0.5) is 9.59 Å².